The summed E-state index contributed by atoms with van der Waals surface area (Å²) in [5.74, 6) is 0.249. The molecule has 1 N–H and O–H groups in total. The van der Waals surface area contributed by atoms with Gasteiger partial charge in [-0.15, -0.1) is 0 Å². The normalized spacial score (nSPS) is 17.8. The number of ether oxygens (including phenoxy) is 2. The van der Waals surface area contributed by atoms with Crippen LogP contribution in [0.15, 0.2) is 12.1 Å². The van der Waals surface area contributed by atoms with Gasteiger partial charge in [0.25, 0.3) is 0 Å². The van der Waals surface area contributed by atoms with Gasteiger partial charge >= 0.3 is 5.97 Å². The Morgan fingerprint density at radius 3 is 3.00 bits per heavy atom. The van der Waals surface area contributed by atoms with E-state index in [1.165, 1.54) is 0 Å². The van der Waals surface area contributed by atoms with Crippen LogP contribution in [0.25, 0.3) is 0 Å². The molecule has 4 heteroatoms. The van der Waals surface area contributed by atoms with Crippen LogP contribution in [0.1, 0.15) is 29.8 Å². The first-order valence-corrected chi connectivity index (χ1v) is 5.31. The number of hydrogen-bond donors (Lipinski definition) is 1. The van der Waals surface area contributed by atoms with Crippen molar-refractivity contribution in [1.29, 1.82) is 0 Å². The first-order chi connectivity index (χ1) is 7.61. The number of carboxylic acid groups (broad SMARTS) is 1. The highest BCUT2D eigenvalue weighted by atomic mass is 16.5. The van der Waals surface area contributed by atoms with E-state index < -0.39 is 5.97 Å². The van der Waals surface area contributed by atoms with Gasteiger partial charge in [-0.25, -0.2) is 4.79 Å². The molecule has 1 aromatic rings. The fourth-order valence-corrected chi connectivity index (χ4v) is 1.92. The summed E-state index contributed by atoms with van der Waals surface area (Å²) in [6.45, 7) is 4.29. The number of carbonyl (C=O) groups is 1. The molecule has 0 radical (unpaired) electrons. The molecule has 1 heterocycles. The highest BCUT2D eigenvalue weighted by Crippen LogP contribution is 2.35. The molecule has 4 nitrogen and oxygen atoms in total. The van der Waals surface area contributed by atoms with E-state index in [0.29, 0.717) is 24.5 Å². The van der Waals surface area contributed by atoms with Gasteiger partial charge in [0.1, 0.15) is 17.6 Å². The summed E-state index contributed by atoms with van der Waals surface area (Å²) >= 11 is 0. The van der Waals surface area contributed by atoms with Crippen molar-refractivity contribution < 1.29 is 19.4 Å². The lowest BCUT2D eigenvalue weighted by atomic mass is 10.0. The van der Waals surface area contributed by atoms with Crippen LogP contribution >= 0.6 is 0 Å². The Balaban J connectivity index is 2.47. The van der Waals surface area contributed by atoms with E-state index in [9.17, 15) is 4.79 Å². The molecule has 2 rings (SSSR count). The molecule has 0 bridgehead atoms. The maximum absolute atomic E-state index is 11.1. The highest BCUT2D eigenvalue weighted by molar-refractivity contribution is 5.91. The number of carboxylic acids is 1. The standard InChI is InChI=1S/C12H14O4/c1-3-15-8-5-10(12(13)14)9-4-7(2)16-11(9)6-8/h5-7H,3-4H2,1-2H3,(H,13,14). The summed E-state index contributed by atoms with van der Waals surface area (Å²) in [6, 6.07) is 3.32. The Kier molecular flexibility index (Phi) is 2.73. The number of benzene rings is 1. The molecule has 0 saturated heterocycles. The Morgan fingerprint density at radius 2 is 2.38 bits per heavy atom. The second kappa shape index (κ2) is 4.04. The fourth-order valence-electron chi connectivity index (χ4n) is 1.92. The summed E-state index contributed by atoms with van der Waals surface area (Å²) in [5.41, 5.74) is 1.05. The third-order valence-corrected chi connectivity index (χ3v) is 2.54. The fraction of sp³-hybridized carbons (Fsp3) is 0.417. The summed E-state index contributed by atoms with van der Waals surface area (Å²) in [4.78, 5) is 11.1. The van der Waals surface area contributed by atoms with Gasteiger partial charge < -0.3 is 14.6 Å². The van der Waals surface area contributed by atoms with Crippen molar-refractivity contribution in [1.82, 2.24) is 0 Å². The van der Waals surface area contributed by atoms with Crippen molar-refractivity contribution in [3.63, 3.8) is 0 Å². The van der Waals surface area contributed by atoms with E-state index >= 15 is 0 Å². The van der Waals surface area contributed by atoms with Crippen LogP contribution in [0.2, 0.25) is 0 Å². The van der Waals surface area contributed by atoms with Crippen LogP contribution in [0.5, 0.6) is 11.5 Å². The summed E-state index contributed by atoms with van der Waals surface area (Å²) < 4.78 is 10.9. The van der Waals surface area contributed by atoms with Crippen molar-refractivity contribution in [3.05, 3.63) is 23.3 Å². The van der Waals surface area contributed by atoms with E-state index in [0.717, 1.165) is 5.56 Å². The zero-order valence-corrected chi connectivity index (χ0v) is 9.32. The van der Waals surface area contributed by atoms with E-state index in [-0.39, 0.29) is 11.7 Å². The molecule has 0 saturated carbocycles. The number of hydrogen-bond acceptors (Lipinski definition) is 3. The molecule has 1 aromatic carbocycles. The zero-order valence-electron chi connectivity index (χ0n) is 9.32. The minimum Gasteiger partial charge on any atom is -0.494 e. The van der Waals surface area contributed by atoms with Gasteiger partial charge in [-0.1, -0.05) is 0 Å². The highest BCUT2D eigenvalue weighted by Gasteiger charge is 2.26. The molecule has 0 aromatic heterocycles. The first kappa shape index (κ1) is 10.8. The Hall–Kier alpha value is -1.71. The largest absolute Gasteiger partial charge is 0.494 e. The molecule has 16 heavy (non-hydrogen) atoms. The van der Waals surface area contributed by atoms with Crippen molar-refractivity contribution >= 4 is 5.97 Å². The molecule has 1 atom stereocenters. The van der Waals surface area contributed by atoms with Crippen molar-refractivity contribution in [2.75, 3.05) is 6.61 Å². The molecule has 0 aliphatic carbocycles. The third-order valence-electron chi connectivity index (χ3n) is 2.54. The predicted molar refractivity (Wildman–Crippen MR) is 58.4 cm³/mol. The molecule has 1 aliphatic heterocycles. The number of aromatic carboxylic acids is 1. The lowest BCUT2D eigenvalue weighted by Gasteiger charge is -2.08. The molecule has 1 unspecified atom stereocenters. The minimum absolute atomic E-state index is 0.0324. The summed E-state index contributed by atoms with van der Waals surface area (Å²) in [7, 11) is 0. The molecule has 0 amide bonds. The zero-order chi connectivity index (χ0) is 11.7. The van der Waals surface area contributed by atoms with Crippen molar-refractivity contribution in [2.45, 2.75) is 26.4 Å². The molecular weight excluding hydrogens is 208 g/mol. The lowest BCUT2D eigenvalue weighted by Crippen LogP contribution is -2.06. The van der Waals surface area contributed by atoms with Gasteiger partial charge in [-0.3, -0.25) is 0 Å². The smallest absolute Gasteiger partial charge is 0.336 e. The van der Waals surface area contributed by atoms with Crippen LogP contribution in [0, 0.1) is 0 Å². The summed E-state index contributed by atoms with van der Waals surface area (Å²) in [5, 5.41) is 9.12. The van der Waals surface area contributed by atoms with Gasteiger partial charge in [0.15, 0.2) is 0 Å². The quantitative estimate of drug-likeness (QED) is 0.850. The van der Waals surface area contributed by atoms with Gasteiger partial charge in [-0.2, -0.15) is 0 Å². The van der Waals surface area contributed by atoms with Crippen LogP contribution in [0.3, 0.4) is 0 Å². The van der Waals surface area contributed by atoms with Gasteiger partial charge in [0.05, 0.1) is 12.2 Å². The van der Waals surface area contributed by atoms with E-state index in [2.05, 4.69) is 0 Å². The second-order valence-corrected chi connectivity index (χ2v) is 3.82. The number of fused-ring (bicyclic) bond motifs is 1. The molecule has 0 spiro atoms. The van der Waals surface area contributed by atoms with E-state index in [4.69, 9.17) is 14.6 Å². The Bertz CT molecular complexity index is 425. The van der Waals surface area contributed by atoms with Gasteiger partial charge in [0, 0.05) is 18.1 Å². The second-order valence-electron chi connectivity index (χ2n) is 3.82. The van der Waals surface area contributed by atoms with Gasteiger partial charge in [-0.05, 0) is 19.9 Å². The molecule has 0 fully saturated rings. The van der Waals surface area contributed by atoms with Gasteiger partial charge in [0.2, 0.25) is 0 Å². The van der Waals surface area contributed by atoms with E-state index in [1.807, 2.05) is 13.8 Å². The number of rotatable bonds is 3. The minimum atomic E-state index is -0.935. The maximum Gasteiger partial charge on any atom is 0.336 e. The Labute approximate surface area is 93.8 Å². The SMILES string of the molecule is CCOc1cc2c(c(C(=O)O)c1)CC(C)O2. The van der Waals surface area contributed by atoms with Crippen molar-refractivity contribution in [2.24, 2.45) is 0 Å². The summed E-state index contributed by atoms with van der Waals surface area (Å²) in [6.07, 6.45) is 0.675. The average Bonchev–Trinajstić information content (AvgIpc) is 2.57. The molecule has 1 aliphatic rings. The van der Waals surface area contributed by atoms with E-state index in [1.54, 1.807) is 12.1 Å². The molecular formula is C12H14O4. The van der Waals surface area contributed by atoms with Crippen LogP contribution in [-0.4, -0.2) is 23.8 Å². The molecule has 86 valence electrons. The van der Waals surface area contributed by atoms with Crippen LogP contribution in [0.4, 0.5) is 0 Å². The average molecular weight is 222 g/mol. The monoisotopic (exact) mass is 222 g/mol. The van der Waals surface area contributed by atoms with Crippen molar-refractivity contribution in [3.8, 4) is 11.5 Å². The first-order valence-electron chi connectivity index (χ1n) is 5.31. The lowest BCUT2D eigenvalue weighted by molar-refractivity contribution is 0.0695. The third kappa shape index (κ3) is 1.83. The van der Waals surface area contributed by atoms with Crippen LogP contribution < -0.4 is 9.47 Å². The Morgan fingerprint density at radius 1 is 1.62 bits per heavy atom. The van der Waals surface area contributed by atoms with Crippen LogP contribution in [-0.2, 0) is 6.42 Å². The maximum atomic E-state index is 11.1. The predicted octanol–water partition coefficient (Wildman–Crippen LogP) is 2.11. The topological polar surface area (TPSA) is 55.8 Å².